The molecule has 2 aliphatic rings. The van der Waals surface area contributed by atoms with Gasteiger partial charge in [0.1, 0.15) is 5.75 Å². The molecule has 1 aliphatic carbocycles. The summed E-state index contributed by atoms with van der Waals surface area (Å²) >= 11 is 0. The predicted octanol–water partition coefficient (Wildman–Crippen LogP) is 1.11. The topological polar surface area (TPSA) is 75.9 Å². The zero-order chi connectivity index (χ0) is 17.1. The number of hydrogen-bond acceptors (Lipinski definition) is 4. The molecule has 6 nitrogen and oxygen atoms in total. The van der Waals surface area contributed by atoms with Crippen LogP contribution in [-0.4, -0.2) is 60.9 Å². The van der Waals surface area contributed by atoms with E-state index in [1.807, 2.05) is 17.0 Å². The van der Waals surface area contributed by atoms with Gasteiger partial charge >= 0.3 is 0 Å². The molecule has 1 heterocycles. The molecule has 1 aliphatic heterocycles. The second-order valence-corrected chi connectivity index (χ2v) is 6.62. The second-order valence-electron chi connectivity index (χ2n) is 6.62. The average Bonchev–Trinajstić information content (AvgIpc) is 3.07. The molecule has 130 valence electrons. The Kier molecular flexibility index (Phi) is 5.04. The highest BCUT2D eigenvalue weighted by atomic mass is 16.5. The summed E-state index contributed by atoms with van der Waals surface area (Å²) in [7, 11) is 1.59. The average molecular weight is 331 g/mol. The first-order chi connectivity index (χ1) is 11.6. The molecule has 0 bridgehead atoms. The van der Waals surface area contributed by atoms with Gasteiger partial charge in [-0.05, 0) is 37.5 Å². The molecule has 2 N–H and O–H groups in total. The standard InChI is InChI=1S/C18H25N3O3/c1-24-16-4-2-3-13(12-16)17(22)20-7-9-21(10-8-20)18(23)14-5-6-15(19)11-14/h2-4,12,14-15H,5-11,19H2,1H3. The van der Waals surface area contributed by atoms with Crippen molar-refractivity contribution >= 4 is 11.8 Å². The smallest absolute Gasteiger partial charge is 0.254 e. The van der Waals surface area contributed by atoms with E-state index in [2.05, 4.69) is 0 Å². The Labute approximate surface area is 142 Å². The maximum Gasteiger partial charge on any atom is 0.254 e. The first-order valence-corrected chi connectivity index (χ1v) is 8.56. The molecular formula is C18H25N3O3. The van der Waals surface area contributed by atoms with E-state index in [0.29, 0.717) is 37.5 Å². The Hall–Kier alpha value is -2.08. The van der Waals surface area contributed by atoms with Crippen LogP contribution in [0.1, 0.15) is 29.6 Å². The molecule has 1 aromatic rings. The summed E-state index contributed by atoms with van der Waals surface area (Å²) in [6, 6.07) is 7.34. The first-order valence-electron chi connectivity index (χ1n) is 8.56. The van der Waals surface area contributed by atoms with Gasteiger partial charge in [-0.15, -0.1) is 0 Å². The molecule has 1 saturated heterocycles. The fourth-order valence-electron chi connectivity index (χ4n) is 3.57. The Morgan fingerprint density at radius 2 is 1.83 bits per heavy atom. The van der Waals surface area contributed by atoms with Gasteiger partial charge in [0.25, 0.3) is 5.91 Å². The summed E-state index contributed by atoms with van der Waals surface area (Å²) in [5.41, 5.74) is 6.53. The van der Waals surface area contributed by atoms with E-state index in [9.17, 15) is 9.59 Å². The molecule has 1 aromatic carbocycles. The molecule has 0 aromatic heterocycles. The Bertz CT molecular complexity index is 611. The Morgan fingerprint density at radius 1 is 1.12 bits per heavy atom. The van der Waals surface area contributed by atoms with E-state index in [1.165, 1.54) is 0 Å². The minimum Gasteiger partial charge on any atom is -0.497 e. The lowest BCUT2D eigenvalue weighted by molar-refractivity contribution is -0.136. The number of amides is 2. The quantitative estimate of drug-likeness (QED) is 0.900. The normalized spacial score (nSPS) is 24.1. The molecule has 24 heavy (non-hydrogen) atoms. The molecule has 1 saturated carbocycles. The molecule has 6 heteroatoms. The molecule has 2 unspecified atom stereocenters. The van der Waals surface area contributed by atoms with Crippen molar-refractivity contribution in [1.82, 2.24) is 9.80 Å². The van der Waals surface area contributed by atoms with Crippen molar-refractivity contribution in [3.05, 3.63) is 29.8 Å². The van der Waals surface area contributed by atoms with Gasteiger partial charge in [-0.3, -0.25) is 9.59 Å². The van der Waals surface area contributed by atoms with Crippen molar-refractivity contribution in [2.24, 2.45) is 11.7 Å². The van der Waals surface area contributed by atoms with E-state index >= 15 is 0 Å². The highest BCUT2D eigenvalue weighted by Gasteiger charge is 2.33. The van der Waals surface area contributed by atoms with Gasteiger partial charge in [-0.1, -0.05) is 6.07 Å². The van der Waals surface area contributed by atoms with E-state index in [1.54, 1.807) is 24.1 Å². The molecular weight excluding hydrogens is 306 g/mol. The Morgan fingerprint density at radius 3 is 2.46 bits per heavy atom. The number of nitrogens with two attached hydrogens (primary N) is 1. The van der Waals surface area contributed by atoms with Crippen LogP contribution in [0.4, 0.5) is 0 Å². The molecule has 2 fully saturated rings. The predicted molar refractivity (Wildman–Crippen MR) is 90.8 cm³/mol. The van der Waals surface area contributed by atoms with Gasteiger partial charge in [-0.25, -0.2) is 0 Å². The number of nitrogens with zero attached hydrogens (tertiary/aromatic N) is 2. The first kappa shape index (κ1) is 16.8. The van der Waals surface area contributed by atoms with Crippen molar-refractivity contribution in [3.63, 3.8) is 0 Å². The number of piperazine rings is 1. The zero-order valence-electron chi connectivity index (χ0n) is 14.1. The van der Waals surface area contributed by atoms with Gasteiger partial charge in [0.2, 0.25) is 5.91 Å². The number of carbonyl (C=O) groups excluding carboxylic acids is 2. The fourth-order valence-corrected chi connectivity index (χ4v) is 3.57. The van der Waals surface area contributed by atoms with Crippen molar-refractivity contribution in [3.8, 4) is 5.75 Å². The minimum atomic E-state index is -0.0103. The summed E-state index contributed by atoms with van der Waals surface area (Å²) in [5, 5.41) is 0. The van der Waals surface area contributed by atoms with Gasteiger partial charge in [0.05, 0.1) is 7.11 Å². The molecule has 0 spiro atoms. The van der Waals surface area contributed by atoms with E-state index in [4.69, 9.17) is 10.5 Å². The van der Waals surface area contributed by atoms with E-state index < -0.39 is 0 Å². The van der Waals surface area contributed by atoms with Crippen LogP contribution >= 0.6 is 0 Å². The van der Waals surface area contributed by atoms with Gasteiger partial charge < -0.3 is 20.3 Å². The lowest BCUT2D eigenvalue weighted by Gasteiger charge is -2.36. The number of benzene rings is 1. The zero-order valence-corrected chi connectivity index (χ0v) is 14.1. The highest BCUT2D eigenvalue weighted by molar-refractivity contribution is 5.94. The van der Waals surface area contributed by atoms with Crippen molar-refractivity contribution in [2.75, 3.05) is 33.3 Å². The lowest BCUT2D eigenvalue weighted by atomic mass is 10.1. The van der Waals surface area contributed by atoms with Crippen LogP contribution in [0.2, 0.25) is 0 Å². The molecule has 0 radical (unpaired) electrons. The van der Waals surface area contributed by atoms with Crippen molar-refractivity contribution < 1.29 is 14.3 Å². The second kappa shape index (κ2) is 7.21. The van der Waals surface area contributed by atoms with Crippen molar-refractivity contribution in [1.29, 1.82) is 0 Å². The summed E-state index contributed by atoms with van der Waals surface area (Å²) in [6.07, 6.45) is 2.62. The van der Waals surface area contributed by atoms with Crippen molar-refractivity contribution in [2.45, 2.75) is 25.3 Å². The van der Waals surface area contributed by atoms with Crippen LogP contribution in [0.3, 0.4) is 0 Å². The monoisotopic (exact) mass is 331 g/mol. The number of methoxy groups -OCH3 is 1. The van der Waals surface area contributed by atoms with E-state index in [0.717, 1.165) is 19.3 Å². The van der Waals surface area contributed by atoms with Crippen LogP contribution in [-0.2, 0) is 4.79 Å². The third-order valence-electron chi connectivity index (χ3n) is 5.02. The largest absolute Gasteiger partial charge is 0.497 e. The summed E-state index contributed by atoms with van der Waals surface area (Å²) in [5.74, 6) is 0.938. The highest BCUT2D eigenvalue weighted by Crippen LogP contribution is 2.26. The number of carbonyl (C=O) groups is 2. The van der Waals surface area contributed by atoms with Gasteiger partial charge in [-0.2, -0.15) is 0 Å². The summed E-state index contributed by atoms with van der Waals surface area (Å²) in [4.78, 5) is 28.8. The molecule has 3 rings (SSSR count). The third-order valence-corrected chi connectivity index (χ3v) is 5.02. The molecule has 2 atom stereocenters. The minimum absolute atomic E-state index is 0.0103. The van der Waals surface area contributed by atoms with Crippen LogP contribution in [0.25, 0.3) is 0 Å². The van der Waals surface area contributed by atoms with Crippen LogP contribution in [0, 0.1) is 5.92 Å². The number of rotatable bonds is 3. The number of ether oxygens (including phenoxy) is 1. The van der Waals surface area contributed by atoms with Crippen LogP contribution < -0.4 is 10.5 Å². The fraction of sp³-hybridized carbons (Fsp3) is 0.556. The van der Waals surface area contributed by atoms with Gasteiger partial charge in [0.15, 0.2) is 0 Å². The maximum atomic E-state index is 12.6. The molecule has 2 amide bonds. The summed E-state index contributed by atoms with van der Waals surface area (Å²) < 4.78 is 5.17. The van der Waals surface area contributed by atoms with E-state index in [-0.39, 0.29) is 23.8 Å². The maximum absolute atomic E-state index is 12.6. The third kappa shape index (κ3) is 3.53. The number of hydrogen-bond donors (Lipinski definition) is 1. The summed E-state index contributed by atoms with van der Waals surface area (Å²) in [6.45, 7) is 2.33. The lowest BCUT2D eigenvalue weighted by Crippen LogP contribution is -2.51. The van der Waals surface area contributed by atoms with Gasteiger partial charge in [0, 0.05) is 43.7 Å². The Balaban J connectivity index is 1.56. The van der Waals surface area contributed by atoms with Crippen LogP contribution in [0.15, 0.2) is 24.3 Å². The SMILES string of the molecule is COc1cccc(C(=O)N2CCN(C(=O)C3CCC(N)C3)CC2)c1. The van der Waals surface area contributed by atoms with Crippen LogP contribution in [0.5, 0.6) is 5.75 Å².